The lowest BCUT2D eigenvalue weighted by atomic mass is 9.97. The van der Waals surface area contributed by atoms with E-state index in [4.69, 9.17) is 4.74 Å². The van der Waals surface area contributed by atoms with Crippen molar-refractivity contribution in [2.75, 3.05) is 39.4 Å². The van der Waals surface area contributed by atoms with Gasteiger partial charge in [0.05, 0.1) is 11.9 Å². The molecule has 3 heterocycles. The van der Waals surface area contributed by atoms with E-state index in [1.165, 1.54) is 6.20 Å². The van der Waals surface area contributed by atoms with Crippen molar-refractivity contribution in [3.05, 3.63) is 23.8 Å². The van der Waals surface area contributed by atoms with Gasteiger partial charge < -0.3 is 15.0 Å². The van der Waals surface area contributed by atoms with E-state index in [0.717, 1.165) is 77.1 Å². The summed E-state index contributed by atoms with van der Waals surface area (Å²) in [6.45, 7) is 6.53. The van der Waals surface area contributed by atoms with Gasteiger partial charge in [0.15, 0.2) is 0 Å². The minimum absolute atomic E-state index is 0.181. The van der Waals surface area contributed by atoms with Crippen molar-refractivity contribution in [1.29, 1.82) is 0 Å². The van der Waals surface area contributed by atoms with Crippen LogP contribution in [-0.2, 0) is 9.53 Å². The minimum Gasteiger partial charge on any atom is -0.381 e. The zero-order chi connectivity index (χ0) is 20.9. The molecule has 1 aromatic rings. The fraction of sp³-hybridized carbons (Fsp3) is 0.727. The summed E-state index contributed by atoms with van der Waals surface area (Å²) in [7, 11) is 0. The van der Waals surface area contributed by atoms with Crippen molar-refractivity contribution in [3.63, 3.8) is 0 Å². The van der Waals surface area contributed by atoms with E-state index in [2.05, 4.69) is 25.1 Å². The molecule has 30 heavy (non-hydrogen) atoms. The molecule has 2 saturated heterocycles. The van der Waals surface area contributed by atoms with Crippen LogP contribution in [0.25, 0.3) is 0 Å². The number of amides is 2. The van der Waals surface area contributed by atoms with Gasteiger partial charge in [-0.1, -0.05) is 0 Å². The molecule has 3 fully saturated rings. The smallest absolute Gasteiger partial charge is 0.271 e. The van der Waals surface area contributed by atoms with Gasteiger partial charge in [-0.2, -0.15) is 0 Å². The highest BCUT2D eigenvalue weighted by Crippen LogP contribution is 2.32. The lowest BCUT2D eigenvalue weighted by Gasteiger charge is -2.43. The average Bonchev–Trinajstić information content (AvgIpc) is 3.63. The van der Waals surface area contributed by atoms with E-state index >= 15 is 0 Å². The Hall–Kier alpha value is -2.06. The first-order valence-electron chi connectivity index (χ1n) is 11.3. The number of piperidine rings is 1. The Morgan fingerprint density at radius 1 is 1.07 bits per heavy atom. The summed E-state index contributed by atoms with van der Waals surface area (Å²) < 4.78 is 5.56. The number of rotatable bonds is 7. The van der Waals surface area contributed by atoms with Crippen LogP contribution in [0.5, 0.6) is 0 Å². The molecule has 0 spiro atoms. The third kappa shape index (κ3) is 5.35. The first-order chi connectivity index (χ1) is 14.6. The van der Waals surface area contributed by atoms with E-state index in [1.54, 1.807) is 6.20 Å². The topological polar surface area (TPSA) is 87.7 Å². The van der Waals surface area contributed by atoms with Crippen LogP contribution < -0.4 is 5.32 Å². The fourth-order valence-electron chi connectivity index (χ4n) is 4.59. The second-order valence-corrected chi connectivity index (χ2v) is 8.71. The normalized spacial score (nSPS) is 21.1. The van der Waals surface area contributed by atoms with Crippen molar-refractivity contribution in [2.45, 2.75) is 57.5 Å². The highest BCUT2D eigenvalue weighted by atomic mass is 16.5. The molecule has 3 aliphatic rings. The molecule has 2 amide bonds. The van der Waals surface area contributed by atoms with E-state index in [1.807, 2.05) is 6.92 Å². The number of carbonyl (C=O) groups excluding carboxylic acids is 2. The van der Waals surface area contributed by atoms with Gasteiger partial charge in [0.25, 0.3) is 5.91 Å². The fourth-order valence-corrected chi connectivity index (χ4v) is 4.59. The summed E-state index contributed by atoms with van der Waals surface area (Å²) in [6, 6.07) is 0.929. The van der Waals surface area contributed by atoms with Crippen LogP contribution in [0, 0.1) is 12.8 Å². The standard InChI is InChI=1S/C22H33N5O3/c1-16-14-25-20(15-24-16)21(28)23-8-11-27(19-6-12-30-13-7-19)18-4-9-26(10-5-18)22(29)17-2-3-17/h14-15,17-19H,2-13H2,1H3,(H,23,28). The lowest BCUT2D eigenvalue weighted by molar-refractivity contribution is -0.134. The summed E-state index contributed by atoms with van der Waals surface area (Å²) in [6.07, 6.45) is 9.33. The molecule has 0 bridgehead atoms. The van der Waals surface area contributed by atoms with Crippen molar-refractivity contribution in [3.8, 4) is 0 Å². The highest BCUT2D eigenvalue weighted by molar-refractivity contribution is 5.91. The van der Waals surface area contributed by atoms with Crippen LogP contribution in [-0.4, -0.2) is 83.1 Å². The molecule has 8 heteroatoms. The van der Waals surface area contributed by atoms with Crippen molar-refractivity contribution in [2.24, 2.45) is 5.92 Å². The van der Waals surface area contributed by atoms with Gasteiger partial charge in [-0.15, -0.1) is 0 Å². The number of ether oxygens (including phenoxy) is 1. The first-order valence-corrected chi connectivity index (χ1v) is 11.3. The maximum Gasteiger partial charge on any atom is 0.271 e. The number of hydrogen-bond donors (Lipinski definition) is 1. The molecule has 1 N–H and O–H groups in total. The van der Waals surface area contributed by atoms with Crippen molar-refractivity contribution >= 4 is 11.8 Å². The van der Waals surface area contributed by atoms with Gasteiger partial charge in [-0.05, 0) is 45.4 Å². The number of likely N-dealkylation sites (tertiary alicyclic amines) is 1. The predicted molar refractivity (Wildman–Crippen MR) is 112 cm³/mol. The van der Waals surface area contributed by atoms with Crippen molar-refractivity contribution < 1.29 is 14.3 Å². The summed E-state index contributed by atoms with van der Waals surface area (Å²) in [5.41, 5.74) is 1.15. The number of carbonyl (C=O) groups is 2. The Morgan fingerprint density at radius 2 is 1.77 bits per heavy atom. The summed E-state index contributed by atoms with van der Waals surface area (Å²) in [4.78, 5) is 37.7. The van der Waals surface area contributed by atoms with Gasteiger partial charge in [-0.3, -0.25) is 19.5 Å². The molecule has 1 aliphatic carbocycles. The predicted octanol–water partition coefficient (Wildman–Crippen LogP) is 1.40. The maximum absolute atomic E-state index is 12.4. The van der Waals surface area contributed by atoms with Crippen LogP contribution in [0.1, 0.15) is 54.7 Å². The Kier molecular flexibility index (Phi) is 6.94. The summed E-state index contributed by atoms with van der Waals surface area (Å²) in [5, 5.41) is 3.00. The van der Waals surface area contributed by atoms with Crippen LogP contribution in [0.3, 0.4) is 0 Å². The molecule has 164 valence electrons. The summed E-state index contributed by atoms with van der Waals surface area (Å²) in [5.74, 6) is 0.477. The first kappa shape index (κ1) is 21.2. The lowest BCUT2D eigenvalue weighted by Crippen LogP contribution is -2.53. The van der Waals surface area contributed by atoms with Crippen LogP contribution in [0.4, 0.5) is 0 Å². The zero-order valence-corrected chi connectivity index (χ0v) is 17.9. The zero-order valence-electron chi connectivity index (χ0n) is 17.9. The second kappa shape index (κ2) is 9.83. The Balaban J connectivity index is 1.31. The van der Waals surface area contributed by atoms with Gasteiger partial charge in [0.1, 0.15) is 5.69 Å². The third-order valence-corrected chi connectivity index (χ3v) is 6.50. The summed E-state index contributed by atoms with van der Waals surface area (Å²) >= 11 is 0. The molecular formula is C22H33N5O3. The highest BCUT2D eigenvalue weighted by Gasteiger charge is 2.37. The Bertz CT molecular complexity index is 723. The third-order valence-electron chi connectivity index (χ3n) is 6.50. The van der Waals surface area contributed by atoms with E-state index in [0.29, 0.717) is 36.1 Å². The maximum atomic E-state index is 12.4. The monoisotopic (exact) mass is 415 g/mol. The van der Waals surface area contributed by atoms with Crippen LogP contribution >= 0.6 is 0 Å². The van der Waals surface area contributed by atoms with Crippen LogP contribution in [0.15, 0.2) is 12.4 Å². The number of hydrogen-bond acceptors (Lipinski definition) is 6. The average molecular weight is 416 g/mol. The Morgan fingerprint density at radius 3 is 2.40 bits per heavy atom. The largest absolute Gasteiger partial charge is 0.381 e. The van der Waals surface area contributed by atoms with E-state index in [9.17, 15) is 9.59 Å². The molecule has 8 nitrogen and oxygen atoms in total. The molecule has 0 aromatic carbocycles. The molecule has 0 unspecified atom stereocenters. The molecule has 2 aliphatic heterocycles. The molecule has 1 aromatic heterocycles. The van der Waals surface area contributed by atoms with E-state index in [-0.39, 0.29) is 5.91 Å². The van der Waals surface area contributed by atoms with Gasteiger partial charge in [0.2, 0.25) is 5.91 Å². The van der Waals surface area contributed by atoms with Gasteiger partial charge in [-0.25, -0.2) is 4.98 Å². The number of nitrogens with one attached hydrogen (secondary N) is 1. The molecular weight excluding hydrogens is 382 g/mol. The quantitative estimate of drug-likeness (QED) is 0.724. The SMILES string of the molecule is Cc1cnc(C(=O)NCCN(C2CCOCC2)C2CCN(C(=O)C3CC3)CC2)cn1. The van der Waals surface area contributed by atoms with Gasteiger partial charge >= 0.3 is 0 Å². The van der Waals surface area contributed by atoms with Gasteiger partial charge in [0, 0.05) is 63.6 Å². The number of nitrogens with zero attached hydrogens (tertiary/aromatic N) is 4. The van der Waals surface area contributed by atoms with Crippen LogP contribution in [0.2, 0.25) is 0 Å². The minimum atomic E-state index is -0.181. The molecule has 0 radical (unpaired) electrons. The molecule has 1 saturated carbocycles. The number of aryl methyl sites for hydroxylation is 1. The van der Waals surface area contributed by atoms with Crippen molar-refractivity contribution in [1.82, 2.24) is 25.1 Å². The Labute approximate surface area is 178 Å². The molecule has 0 atom stereocenters. The second-order valence-electron chi connectivity index (χ2n) is 8.71. The number of aromatic nitrogens is 2. The molecule has 4 rings (SSSR count). The van der Waals surface area contributed by atoms with E-state index < -0.39 is 0 Å².